The fourth-order valence-electron chi connectivity index (χ4n) is 1.29. The van der Waals surface area contributed by atoms with Crippen molar-refractivity contribution >= 4 is 27.6 Å². The summed E-state index contributed by atoms with van der Waals surface area (Å²) in [6.45, 7) is 4.05. The number of carboxylic acids is 1. The van der Waals surface area contributed by atoms with Crippen LogP contribution in [0.25, 0.3) is 0 Å². The average molecular weight is 318 g/mol. The largest absolute Gasteiger partial charge is 0.486 e. The van der Waals surface area contributed by atoms with Gasteiger partial charge in [0.05, 0.1) is 16.0 Å². The third-order valence-electron chi connectivity index (χ3n) is 2.06. The molecular formula is C11H12BrNO5. The van der Waals surface area contributed by atoms with E-state index in [1.165, 1.54) is 12.1 Å². The van der Waals surface area contributed by atoms with Crippen molar-refractivity contribution < 1.29 is 19.6 Å². The maximum absolute atomic E-state index is 11.0. The summed E-state index contributed by atoms with van der Waals surface area (Å²) in [5.74, 6) is -1.23. The van der Waals surface area contributed by atoms with E-state index in [1.807, 2.05) is 13.8 Å². The second-order valence-electron chi connectivity index (χ2n) is 4.04. The molecular weight excluding hydrogens is 306 g/mol. The van der Waals surface area contributed by atoms with E-state index < -0.39 is 16.6 Å². The minimum Gasteiger partial charge on any atom is -0.486 e. The van der Waals surface area contributed by atoms with Gasteiger partial charge in [0, 0.05) is 0 Å². The molecule has 0 saturated carbocycles. The molecule has 18 heavy (non-hydrogen) atoms. The highest BCUT2D eigenvalue weighted by molar-refractivity contribution is 9.10. The zero-order valence-electron chi connectivity index (χ0n) is 9.84. The summed E-state index contributed by atoms with van der Waals surface area (Å²) >= 11 is 3.13. The van der Waals surface area contributed by atoms with Gasteiger partial charge >= 0.3 is 11.7 Å². The number of nitro benzene ring substituents is 1. The lowest BCUT2D eigenvalue weighted by Crippen LogP contribution is -2.09. The quantitative estimate of drug-likeness (QED) is 0.665. The highest BCUT2D eigenvalue weighted by Crippen LogP contribution is 2.38. The number of hydrogen-bond donors (Lipinski definition) is 1. The van der Waals surface area contributed by atoms with Crippen LogP contribution in [0.5, 0.6) is 5.75 Å². The van der Waals surface area contributed by atoms with Gasteiger partial charge in [-0.2, -0.15) is 0 Å². The maximum Gasteiger partial charge on any atom is 0.342 e. The Morgan fingerprint density at radius 2 is 2.17 bits per heavy atom. The second-order valence-corrected chi connectivity index (χ2v) is 4.89. The first-order chi connectivity index (χ1) is 8.34. The van der Waals surface area contributed by atoms with Crippen LogP contribution in [0.2, 0.25) is 0 Å². The number of hydrogen-bond acceptors (Lipinski definition) is 4. The average Bonchev–Trinajstić information content (AvgIpc) is 2.25. The Balaban J connectivity index is 3.32. The van der Waals surface area contributed by atoms with Crippen molar-refractivity contribution in [2.45, 2.75) is 13.8 Å². The molecule has 1 N–H and O–H groups in total. The minimum absolute atomic E-state index is 0.0476. The predicted molar refractivity (Wildman–Crippen MR) is 68.1 cm³/mol. The van der Waals surface area contributed by atoms with Crippen LogP contribution in [0.1, 0.15) is 24.2 Å². The van der Waals surface area contributed by atoms with Crippen molar-refractivity contribution in [3.63, 3.8) is 0 Å². The molecule has 0 radical (unpaired) electrons. The van der Waals surface area contributed by atoms with Gasteiger partial charge in [-0.1, -0.05) is 13.8 Å². The molecule has 0 atom stereocenters. The molecule has 1 aromatic rings. The molecule has 0 aliphatic heterocycles. The number of nitro groups is 1. The van der Waals surface area contributed by atoms with Crippen LogP contribution >= 0.6 is 15.9 Å². The van der Waals surface area contributed by atoms with Crippen LogP contribution in [0.3, 0.4) is 0 Å². The fourth-order valence-corrected chi connectivity index (χ4v) is 1.72. The van der Waals surface area contributed by atoms with Gasteiger partial charge in [-0.05, 0) is 34.0 Å². The Morgan fingerprint density at radius 1 is 1.56 bits per heavy atom. The number of carbonyl (C=O) groups is 1. The van der Waals surface area contributed by atoms with Crippen molar-refractivity contribution in [1.29, 1.82) is 0 Å². The first-order valence-corrected chi connectivity index (χ1v) is 5.96. The van der Waals surface area contributed by atoms with Gasteiger partial charge in [0.25, 0.3) is 0 Å². The Kier molecular flexibility index (Phi) is 4.66. The van der Waals surface area contributed by atoms with Crippen LogP contribution in [-0.2, 0) is 0 Å². The van der Waals surface area contributed by atoms with E-state index in [9.17, 15) is 14.9 Å². The lowest BCUT2D eigenvalue weighted by atomic mass is 10.1. The molecule has 0 spiro atoms. The van der Waals surface area contributed by atoms with Gasteiger partial charge < -0.3 is 9.84 Å². The van der Waals surface area contributed by atoms with Gasteiger partial charge in [-0.15, -0.1) is 0 Å². The number of benzene rings is 1. The SMILES string of the molecule is CC(C)COc1c(Br)ccc(C(=O)O)c1[N+](=O)[O-]. The molecule has 0 aliphatic carbocycles. The molecule has 1 aromatic carbocycles. The van der Waals surface area contributed by atoms with E-state index in [-0.39, 0.29) is 23.8 Å². The van der Waals surface area contributed by atoms with E-state index in [1.54, 1.807) is 0 Å². The zero-order chi connectivity index (χ0) is 13.9. The highest BCUT2D eigenvalue weighted by Gasteiger charge is 2.28. The third kappa shape index (κ3) is 3.19. The Bertz CT molecular complexity index is 487. The predicted octanol–water partition coefficient (Wildman–Crippen LogP) is 3.09. The standard InChI is InChI=1S/C11H12BrNO5/c1-6(2)5-18-10-8(12)4-3-7(11(14)15)9(10)13(16)17/h3-4,6H,5H2,1-2H3,(H,14,15). The van der Waals surface area contributed by atoms with Gasteiger partial charge in [-0.3, -0.25) is 10.1 Å². The minimum atomic E-state index is -1.36. The van der Waals surface area contributed by atoms with E-state index >= 15 is 0 Å². The Morgan fingerprint density at radius 3 is 2.61 bits per heavy atom. The Labute approximate surface area is 112 Å². The van der Waals surface area contributed by atoms with Crippen LogP contribution in [-0.4, -0.2) is 22.6 Å². The lowest BCUT2D eigenvalue weighted by molar-refractivity contribution is -0.386. The van der Waals surface area contributed by atoms with Crippen LogP contribution in [0.15, 0.2) is 16.6 Å². The molecule has 0 saturated heterocycles. The molecule has 0 heterocycles. The van der Waals surface area contributed by atoms with E-state index in [0.717, 1.165) is 0 Å². The number of halogens is 1. The molecule has 0 aliphatic rings. The molecule has 0 aromatic heterocycles. The zero-order valence-corrected chi connectivity index (χ0v) is 11.4. The van der Waals surface area contributed by atoms with Crippen molar-refractivity contribution in [1.82, 2.24) is 0 Å². The molecule has 0 unspecified atom stereocenters. The second kappa shape index (κ2) is 5.81. The topological polar surface area (TPSA) is 89.7 Å². The van der Waals surface area contributed by atoms with Gasteiger partial charge in [0.2, 0.25) is 5.75 Å². The molecule has 1 rings (SSSR count). The molecule has 6 nitrogen and oxygen atoms in total. The summed E-state index contributed by atoms with van der Waals surface area (Å²) < 4.78 is 5.69. The summed E-state index contributed by atoms with van der Waals surface area (Å²) in [5, 5.41) is 19.9. The number of rotatable bonds is 5. The first kappa shape index (κ1) is 14.4. The van der Waals surface area contributed by atoms with Crippen molar-refractivity contribution in [3.05, 3.63) is 32.3 Å². The number of ether oxygens (including phenoxy) is 1. The number of carboxylic acid groups (broad SMARTS) is 1. The molecule has 98 valence electrons. The van der Waals surface area contributed by atoms with Crippen LogP contribution in [0.4, 0.5) is 5.69 Å². The van der Waals surface area contributed by atoms with Crippen LogP contribution < -0.4 is 4.74 Å². The third-order valence-corrected chi connectivity index (χ3v) is 2.68. The maximum atomic E-state index is 11.0. The summed E-state index contributed by atoms with van der Waals surface area (Å²) in [6.07, 6.45) is 0. The lowest BCUT2D eigenvalue weighted by Gasteiger charge is -2.11. The Hall–Kier alpha value is -1.63. The number of aromatic carboxylic acids is 1. The molecule has 7 heteroatoms. The van der Waals surface area contributed by atoms with E-state index in [4.69, 9.17) is 9.84 Å². The molecule has 0 bridgehead atoms. The van der Waals surface area contributed by atoms with Crippen LogP contribution in [0, 0.1) is 16.0 Å². The van der Waals surface area contributed by atoms with Gasteiger partial charge in [0.1, 0.15) is 5.56 Å². The summed E-state index contributed by atoms with van der Waals surface area (Å²) in [7, 11) is 0. The summed E-state index contributed by atoms with van der Waals surface area (Å²) in [4.78, 5) is 21.2. The van der Waals surface area contributed by atoms with Gasteiger partial charge in [0.15, 0.2) is 0 Å². The van der Waals surface area contributed by atoms with E-state index in [0.29, 0.717) is 4.47 Å². The molecule has 0 amide bonds. The fraction of sp³-hybridized carbons (Fsp3) is 0.364. The summed E-state index contributed by atoms with van der Waals surface area (Å²) in [5.41, 5.74) is -0.917. The molecule has 0 fully saturated rings. The first-order valence-electron chi connectivity index (χ1n) is 5.17. The highest BCUT2D eigenvalue weighted by atomic mass is 79.9. The monoisotopic (exact) mass is 317 g/mol. The number of nitrogens with zero attached hydrogens (tertiary/aromatic N) is 1. The van der Waals surface area contributed by atoms with Crippen molar-refractivity contribution in [2.75, 3.05) is 6.61 Å². The summed E-state index contributed by atoms with van der Waals surface area (Å²) in [6, 6.07) is 2.60. The van der Waals surface area contributed by atoms with E-state index in [2.05, 4.69) is 15.9 Å². The van der Waals surface area contributed by atoms with Gasteiger partial charge in [-0.25, -0.2) is 4.79 Å². The van der Waals surface area contributed by atoms with Crippen molar-refractivity contribution in [2.24, 2.45) is 5.92 Å². The smallest absolute Gasteiger partial charge is 0.342 e. The van der Waals surface area contributed by atoms with Crippen molar-refractivity contribution in [3.8, 4) is 5.75 Å². The normalized spacial score (nSPS) is 10.4.